The third kappa shape index (κ3) is 2.96. The molecule has 0 saturated carbocycles. The molecular weight excluding hydrogens is 316 g/mol. The molecule has 0 aliphatic carbocycles. The smallest absolute Gasteiger partial charge is 0.408 e. The first kappa shape index (κ1) is 17.1. The minimum absolute atomic E-state index is 0.0483. The second kappa shape index (κ2) is 6.50. The lowest BCUT2D eigenvalue weighted by atomic mass is 10.00. The standard InChI is InChI=1S/C16H16N2O6/c1-4-16(14(21)23-2,17-15(22)24-3)9-18-8-10-5-6-11(19)7-12(10)13(18)20/h1,5-7,19H,8-9H2,2-3H3,(H,17,22)/t16-/m1/s1. The molecule has 8 nitrogen and oxygen atoms in total. The van der Waals surface area contributed by atoms with E-state index < -0.39 is 23.5 Å². The van der Waals surface area contributed by atoms with E-state index in [1.165, 1.54) is 17.0 Å². The third-order valence-electron chi connectivity index (χ3n) is 3.68. The number of aromatic hydroxyl groups is 1. The molecule has 0 unspecified atom stereocenters. The van der Waals surface area contributed by atoms with Crippen LogP contribution in [0.4, 0.5) is 4.79 Å². The molecule has 24 heavy (non-hydrogen) atoms. The number of hydrogen-bond donors (Lipinski definition) is 2. The summed E-state index contributed by atoms with van der Waals surface area (Å²) < 4.78 is 9.15. The van der Waals surface area contributed by atoms with E-state index in [2.05, 4.69) is 20.7 Å². The molecule has 0 saturated heterocycles. The first-order valence-corrected chi connectivity index (χ1v) is 6.90. The second-order valence-electron chi connectivity index (χ2n) is 5.16. The zero-order chi connectivity index (χ0) is 17.9. The first-order chi connectivity index (χ1) is 11.4. The Balaban J connectivity index is 2.31. The van der Waals surface area contributed by atoms with Crippen molar-refractivity contribution in [2.45, 2.75) is 12.1 Å². The Hall–Kier alpha value is -3.21. The zero-order valence-corrected chi connectivity index (χ0v) is 13.2. The molecule has 1 heterocycles. The Labute approximate surface area is 138 Å². The van der Waals surface area contributed by atoms with Crippen LogP contribution < -0.4 is 5.32 Å². The monoisotopic (exact) mass is 332 g/mol. The highest BCUT2D eigenvalue weighted by Crippen LogP contribution is 2.27. The molecule has 0 fully saturated rings. The summed E-state index contributed by atoms with van der Waals surface area (Å²) >= 11 is 0. The van der Waals surface area contributed by atoms with Gasteiger partial charge in [-0.2, -0.15) is 0 Å². The SMILES string of the molecule is C#C[C@](CN1Cc2ccc(O)cc2C1=O)(NC(=O)OC)C(=O)OC. The van der Waals surface area contributed by atoms with Crippen molar-refractivity contribution in [3.05, 3.63) is 29.3 Å². The summed E-state index contributed by atoms with van der Waals surface area (Å²) in [5.41, 5.74) is -0.905. The van der Waals surface area contributed by atoms with Crippen molar-refractivity contribution in [3.63, 3.8) is 0 Å². The highest BCUT2D eigenvalue weighted by atomic mass is 16.5. The zero-order valence-electron chi connectivity index (χ0n) is 13.2. The molecule has 1 aromatic carbocycles. The summed E-state index contributed by atoms with van der Waals surface area (Å²) in [6.45, 7) is -0.128. The fourth-order valence-corrected chi connectivity index (χ4v) is 2.46. The number of hydrogen-bond acceptors (Lipinski definition) is 6. The Morgan fingerprint density at radius 1 is 1.42 bits per heavy atom. The minimum Gasteiger partial charge on any atom is -0.508 e. The number of rotatable bonds is 4. The van der Waals surface area contributed by atoms with E-state index in [1.807, 2.05) is 0 Å². The van der Waals surface area contributed by atoms with E-state index in [0.717, 1.165) is 14.2 Å². The van der Waals surface area contributed by atoms with Crippen LogP contribution >= 0.6 is 0 Å². The van der Waals surface area contributed by atoms with Gasteiger partial charge in [0.15, 0.2) is 0 Å². The van der Waals surface area contributed by atoms with Crippen molar-refractivity contribution in [1.29, 1.82) is 0 Å². The molecule has 1 aliphatic rings. The molecule has 0 spiro atoms. The van der Waals surface area contributed by atoms with Crippen molar-refractivity contribution in [2.24, 2.45) is 0 Å². The molecule has 1 atom stereocenters. The quantitative estimate of drug-likeness (QED) is 0.605. The normalized spacial score (nSPS) is 15.0. The summed E-state index contributed by atoms with van der Waals surface area (Å²) in [4.78, 5) is 37.4. The predicted octanol–water partition coefficient (Wildman–Crippen LogP) is 0.249. The number of alkyl carbamates (subject to hydrolysis) is 1. The number of nitrogens with one attached hydrogen (secondary N) is 1. The Morgan fingerprint density at radius 3 is 2.71 bits per heavy atom. The van der Waals surface area contributed by atoms with E-state index >= 15 is 0 Å². The molecule has 126 valence electrons. The number of ether oxygens (including phenoxy) is 2. The lowest BCUT2D eigenvalue weighted by molar-refractivity contribution is -0.146. The lowest BCUT2D eigenvalue weighted by Gasteiger charge is -2.30. The number of phenols is 1. The van der Waals surface area contributed by atoms with Crippen LogP contribution in [0.25, 0.3) is 0 Å². The van der Waals surface area contributed by atoms with E-state index in [-0.39, 0.29) is 18.8 Å². The number of methoxy groups -OCH3 is 2. The van der Waals surface area contributed by atoms with Crippen LogP contribution in [0.15, 0.2) is 18.2 Å². The maximum atomic E-state index is 12.5. The summed E-state index contributed by atoms with van der Waals surface area (Å²) in [5, 5.41) is 11.8. The number of carbonyl (C=O) groups is 3. The molecule has 2 amide bonds. The highest BCUT2D eigenvalue weighted by molar-refractivity contribution is 5.99. The van der Waals surface area contributed by atoms with Gasteiger partial charge in [0.1, 0.15) is 5.75 Å². The second-order valence-corrected chi connectivity index (χ2v) is 5.16. The van der Waals surface area contributed by atoms with Gasteiger partial charge in [-0.1, -0.05) is 12.0 Å². The van der Waals surface area contributed by atoms with Crippen LogP contribution in [0.5, 0.6) is 5.75 Å². The number of benzene rings is 1. The van der Waals surface area contributed by atoms with Crippen molar-refractivity contribution >= 4 is 18.0 Å². The van der Waals surface area contributed by atoms with Crippen molar-refractivity contribution in [1.82, 2.24) is 10.2 Å². The van der Waals surface area contributed by atoms with Crippen LogP contribution in [0.3, 0.4) is 0 Å². The van der Waals surface area contributed by atoms with Gasteiger partial charge >= 0.3 is 12.1 Å². The molecule has 8 heteroatoms. The summed E-state index contributed by atoms with van der Waals surface area (Å²) in [6, 6.07) is 4.39. The Morgan fingerprint density at radius 2 is 2.12 bits per heavy atom. The molecule has 2 rings (SSSR count). The van der Waals surface area contributed by atoms with Crippen molar-refractivity contribution in [2.75, 3.05) is 20.8 Å². The number of carbonyl (C=O) groups excluding carboxylic acids is 3. The fourth-order valence-electron chi connectivity index (χ4n) is 2.46. The fraction of sp³-hybridized carbons (Fsp3) is 0.312. The average molecular weight is 332 g/mol. The number of nitrogens with zero attached hydrogens (tertiary/aromatic N) is 1. The van der Waals surface area contributed by atoms with Crippen molar-refractivity contribution < 1.29 is 29.0 Å². The highest BCUT2D eigenvalue weighted by Gasteiger charge is 2.44. The van der Waals surface area contributed by atoms with Gasteiger partial charge in [0.2, 0.25) is 5.54 Å². The predicted molar refractivity (Wildman–Crippen MR) is 82.0 cm³/mol. The number of esters is 1. The molecular formula is C16H16N2O6. The Kier molecular flexibility index (Phi) is 4.64. The molecule has 2 N–H and O–H groups in total. The Bertz CT molecular complexity index is 739. The van der Waals surface area contributed by atoms with Crippen molar-refractivity contribution in [3.8, 4) is 18.1 Å². The van der Waals surface area contributed by atoms with Crippen LogP contribution in [-0.2, 0) is 20.8 Å². The number of fused-ring (bicyclic) bond motifs is 1. The summed E-state index contributed by atoms with van der Waals surface area (Å²) in [5.74, 6) is 0.818. The number of amides is 2. The van der Waals surface area contributed by atoms with Crippen LogP contribution in [0.1, 0.15) is 15.9 Å². The van der Waals surface area contributed by atoms with Gasteiger partial charge in [0.25, 0.3) is 5.91 Å². The summed E-state index contributed by atoms with van der Waals surface area (Å²) in [6.07, 6.45) is 4.51. The summed E-state index contributed by atoms with van der Waals surface area (Å²) in [7, 11) is 2.24. The van der Waals surface area contributed by atoms with Crippen LogP contribution in [-0.4, -0.2) is 54.3 Å². The molecule has 1 aromatic rings. The number of phenolic OH excluding ortho intramolecular Hbond substituents is 1. The topological polar surface area (TPSA) is 105 Å². The van der Waals surface area contributed by atoms with Gasteiger partial charge in [-0.15, -0.1) is 6.42 Å². The van der Waals surface area contributed by atoms with Gasteiger partial charge in [0.05, 0.1) is 20.8 Å². The van der Waals surface area contributed by atoms with Gasteiger partial charge < -0.3 is 19.5 Å². The van der Waals surface area contributed by atoms with Gasteiger partial charge in [-0.05, 0) is 17.7 Å². The molecule has 0 aromatic heterocycles. The number of terminal acetylenes is 1. The van der Waals surface area contributed by atoms with E-state index in [4.69, 9.17) is 6.42 Å². The van der Waals surface area contributed by atoms with E-state index in [1.54, 1.807) is 6.07 Å². The van der Waals surface area contributed by atoms with Crippen LogP contribution in [0.2, 0.25) is 0 Å². The van der Waals surface area contributed by atoms with E-state index in [0.29, 0.717) is 11.1 Å². The maximum absolute atomic E-state index is 12.5. The van der Waals surface area contributed by atoms with Gasteiger partial charge in [-0.3, -0.25) is 10.1 Å². The molecule has 0 radical (unpaired) electrons. The largest absolute Gasteiger partial charge is 0.508 e. The van der Waals surface area contributed by atoms with Gasteiger partial charge in [0, 0.05) is 12.1 Å². The maximum Gasteiger partial charge on any atom is 0.408 e. The molecule has 1 aliphatic heterocycles. The van der Waals surface area contributed by atoms with E-state index in [9.17, 15) is 19.5 Å². The van der Waals surface area contributed by atoms with Gasteiger partial charge in [-0.25, -0.2) is 9.59 Å². The molecule has 0 bridgehead atoms. The first-order valence-electron chi connectivity index (χ1n) is 6.90. The van der Waals surface area contributed by atoms with Crippen LogP contribution in [0, 0.1) is 12.3 Å². The average Bonchev–Trinajstić information content (AvgIpc) is 2.88. The minimum atomic E-state index is -1.89. The third-order valence-corrected chi connectivity index (χ3v) is 3.68. The lowest BCUT2D eigenvalue weighted by Crippen LogP contribution is -2.60.